The van der Waals surface area contributed by atoms with Gasteiger partial charge in [0.05, 0.1) is 6.10 Å². The summed E-state index contributed by atoms with van der Waals surface area (Å²) in [5.74, 6) is 0.969. The molecule has 18 heavy (non-hydrogen) atoms. The van der Waals surface area contributed by atoms with Gasteiger partial charge in [0.2, 0.25) is 0 Å². The Labute approximate surface area is 111 Å². The summed E-state index contributed by atoms with van der Waals surface area (Å²) in [6.07, 6.45) is 8.06. The highest BCUT2D eigenvalue weighted by Gasteiger charge is 2.15. The molecular weight excluding hydrogens is 226 g/mol. The number of unbranched alkanes of at least 4 members (excludes halogenated alkanes) is 1. The molecule has 1 rings (SSSR count). The van der Waals surface area contributed by atoms with Crippen molar-refractivity contribution >= 4 is 5.96 Å². The first kappa shape index (κ1) is 15.0. The Hall–Kier alpha value is -1.03. The predicted molar refractivity (Wildman–Crippen MR) is 77.0 cm³/mol. The van der Waals surface area contributed by atoms with Crippen molar-refractivity contribution in [2.45, 2.75) is 38.2 Å². The summed E-state index contributed by atoms with van der Waals surface area (Å²) >= 11 is 0. The van der Waals surface area contributed by atoms with E-state index < -0.39 is 0 Å². The van der Waals surface area contributed by atoms with E-state index in [4.69, 9.17) is 4.74 Å². The molecule has 104 valence electrons. The summed E-state index contributed by atoms with van der Waals surface area (Å²) in [4.78, 5) is 6.46. The number of hydrogen-bond acceptors (Lipinski definition) is 2. The zero-order valence-electron chi connectivity index (χ0n) is 11.8. The van der Waals surface area contributed by atoms with E-state index in [1.165, 1.54) is 12.8 Å². The number of hydrogen-bond donors (Lipinski definition) is 1. The Morgan fingerprint density at radius 2 is 2.44 bits per heavy atom. The van der Waals surface area contributed by atoms with Crippen LogP contribution < -0.4 is 5.32 Å². The van der Waals surface area contributed by atoms with E-state index in [1.54, 1.807) is 0 Å². The van der Waals surface area contributed by atoms with E-state index in [-0.39, 0.29) is 0 Å². The number of allylic oxidation sites excluding steroid dienone is 1. The Kier molecular flexibility index (Phi) is 7.49. The molecule has 4 nitrogen and oxygen atoms in total. The number of nitrogens with one attached hydrogen (secondary N) is 1. The average Bonchev–Trinajstić information content (AvgIpc) is 2.88. The molecule has 0 amide bonds. The summed E-state index contributed by atoms with van der Waals surface area (Å²) in [7, 11) is 3.91. The Morgan fingerprint density at radius 1 is 1.61 bits per heavy atom. The van der Waals surface area contributed by atoms with Crippen LogP contribution in [0.5, 0.6) is 0 Å². The van der Waals surface area contributed by atoms with Crippen LogP contribution in [0, 0.1) is 0 Å². The Balaban J connectivity index is 2.17. The summed E-state index contributed by atoms with van der Waals surface area (Å²) in [5, 5.41) is 3.39. The molecule has 4 heteroatoms. The third-order valence-electron chi connectivity index (χ3n) is 3.25. The molecule has 0 saturated carbocycles. The molecule has 0 radical (unpaired) electrons. The normalized spacial score (nSPS) is 19.9. The van der Waals surface area contributed by atoms with Crippen LogP contribution in [0.15, 0.2) is 17.6 Å². The van der Waals surface area contributed by atoms with Gasteiger partial charge in [-0.25, -0.2) is 0 Å². The molecule has 0 aromatic rings. The molecule has 1 aliphatic rings. The van der Waals surface area contributed by atoms with Gasteiger partial charge in [-0.2, -0.15) is 0 Å². The first-order chi connectivity index (χ1) is 8.77. The maximum atomic E-state index is 5.60. The van der Waals surface area contributed by atoms with Crippen LogP contribution in [-0.4, -0.2) is 50.8 Å². The summed E-state index contributed by atoms with van der Waals surface area (Å²) in [5.41, 5.74) is 0. The first-order valence-electron chi connectivity index (χ1n) is 6.92. The molecule has 1 atom stereocenters. The fourth-order valence-corrected chi connectivity index (χ4v) is 2.18. The largest absolute Gasteiger partial charge is 0.378 e. The lowest BCUT2D eigenvalue weighted by atomic mass is 10.2. The maximum Gasteiger partial charge on any atom is 0.193 e. The van der Waals surface area contributed by atoms with Gasteiger partial charge in [-0.15, -0.1) is 6.58 Å². The van der Waals surface area contributed by atoms with E-state index in [2.05, 4.69) is 28.8 Å². The van der Waals surface area contributed by atoms with Gasteiger partial charge in [0.15, 0.2) is 5.96 Å². The van der Waals surface area contributed by atoms with E-state index in [0.717, 1.165) is 44.9 Å². The molecule has 1 aliphatic heterocycles. The van der Waals surface area contributed by atoms with E-state index >= 15 is 0 Å². The van der Waals surface area contributed by atoms with Gasteiger partial charge in [0.25, 0.3) is 0 Å². The highest BCUT2D eigenvalue weighted by atomic mass is 16.5. The van der Waals surface area contributed by atoms with Crippen LogP contribution in [0.3, 0.4) is 0 Å². The standard InChI is InChI=1S/C14H27N3O/c1-4-5-6-11-17(3)14(15-2)16-10-9-13-8-7-12-18-13/h4,13H,1,5-12H2,2-3H3,(H,15,16). The maximum absolute atomic E-state index is 5.60. The number of rotatable bonds is 7. The van der Waals surface area contributed by atoms with Crippen molar-refractivity contribution in [3.63, 3.8) is 0 Å². The quantitative estimate of drug-likeness (QED) is 0.326. The second kappa shape index (κ2) is 8.97. The zero-order valence-corrected chi connectivity index (χ0v) is 11.8. The van der Waals surface area contributed by atoms with Crippen molar-refractivity contribution in [1.29, 1.82) is 0 Å². The minimum Gasteiger partial charge on any atom is -0.378 e. The molecular formula is C14H27N3O. The van der Waals surface area contributed by atoms with Crippen LogP contribution in [0.2, 0.25) is 0 Å². The SMILES string of the molecule is C=CCCCN(C)C(=NC)NCCC1CCCO1. The average molecular weight is 253 g/mol. The third kappa shape index (κ3) is 5.54. The highest BCUT2D eigenvalue weighted by molar-refractivity contribution is 5.79. The molecule has 0 aliphatic carbocycles. The van der Waals surface area contributed by atoms with Crippen molar-refractivity contribution < 1.29 is 4.74 Å². The molecule has 1 unspecified atom stereocenters. The fraction of sp³-hybridized carbons (Fsp3) is 0.786. The van der Waals surface area contributed by atoms with Gasteiger partial charge in [-0.3, -0.25) is 4.99 Å². The third-order valence-corrected chi connectivity index (χ3v) is 3.25. The number of nitrogens with zero attached hydrogens (tertiary/aromatic N) is 2. The topological polar surface area (TPSA) is 36.9 Å². The summed E-state index contributed by atoms with van der Waals surface area (Å²) in [6, 6.07) is 0. The summed E-state index contributed by atoms with van der Waals surface area (Å²) < 4.78 is 5.60. The minimum absolute atomic E-state index is 0.446. The van der Waals surface area contributed by atoms with Gasteiger partial charge < -0.3 is 15.0 Å². The van der Waals surface area contributed by atoms with Gasteiger partial charge in [0, 0.05) is 33.8 Å². The number of guanidine groups is 1. The van der Waals surface area contributed by atoms with Gasteiger partial charge >= 0.3 is 0 Å². The van der Waals surface area contributed by atoms with Crippen molar-refractivity contribution in [1.82, 2.24) is 10.2 Å². The lowest BCUT2D eigenvalue weighted by Crippen LogP contribution is -2.40. The van der Waals surface area contributed by atoms with Crippen LogP contribution in [0.4, 0.5) is 0 Å². The fourth-order valence-electron chi connectivity index (χ4n) is 2.18. The monoisotopic (exact) mass is 253 g/mol. The number of ether oxygens (including phenoxy) is 1. The summed E-state index contributed by atoms with van der Waals surface area (Å²) in [6.45, 7) is 6.61. The van der Waals surface area contributed by atoms with Crippen LogP contribution in [0.25, 0.3) is 0 Å². The lowest BCUT2D eigenvalue weighted by Gasteiger charge is -2.22. The molecule has 1 N–H and O–H groups in total. The Morgan fingerprint density at radius 3 is 3.06 bits per heavy atom. The first-order valence-corrected chi connectivity index (χ1v) is 6.92. The van der Waals surface area contributed by atoms with Gasteiger partial charge in [0.1, 0.15) is 0 Å². The van der Waals surface area contributed by atoms with Crippen molar-refractivity contribution in [2.24, 2.45) is 4.99 Å². The van der Waals surface area contributed by atoms with E-state index in [1.807, 2.05) is 13.1 Å². The molecule has 0 bridgehead atoms. The highest BCUT2D eigenvalue weighted by Crippen LogP contribution is 2.14. The van der Waals surface area contributed by atoms with Crippen LogP contribution >= 0.6 is 0 Å². The number of aliphatic imine (C=N–C) groups is 1. The minimum atomic E-state index is 0.446. The van der Waals surface area contributed by atoms with E-state index in [9.17, 15) is 0 Å². The van der Waals surface area contributed by atoms with Crippen molar-refractivity contribution in [3.05, 3.63) is 12.7 Å². The molecule has 1 saturated heterocycles. The lowest BCUT2D eigenvalue weighted by molar-refractivity contribution is 0.105. The molecule has 0 spiro atoms. The van der Waals surface area contributed by atoms with Crippen LogP contribution in [-0.2, 0) is 4.74 Å². The van der Waals surface area contributed by atoms with Crippen molar-refractivity contribution in [2.75, 3.05) is 33.8 Å². The molecule has 1 fully saturated rings. The van der Waals surface area contributed by atoms with Gasteiger partial charge in [-0.05, 0) is 32.1 Å². The van der Waals surface area contributed by atoms with Gasteiger partial charge in [-0.1, -0.05) is 6.08 Å². The molecule has 0 aromatic carbocycles. The molecule has 0 aromatic heterocycles. The zero-order chi connectivity index (χ0) is 13.2. The second-order valence-electron chi connectivity index (χ2n) is 4.75. The molecule has 1 heterocycles. The second-order valence-corrected chi connectivity index (χ2v) is 4.75. The van der Waals surface area contributed by atoms with Crippen LogP contribution in [0.1, 0.15) is 32.1 Å². The van der Waals surface area contributed by atoms with Crippen molar-refractivity contribution in [3.8, 4) is 0 Å². The predicted octanol–water partition coefficient (Wildman–Crippen LogP) is 2.03. The Bertz CT molecular complexity index is 260. The smallest absolute Gasteiger partial charge is 0.193 e. The van der Waals surface area contributed by atoms with E-state index in [0.29, 0.717) is 6.10 Å².